The Bertz CT molecular complexity index is 444. The molecule has 0 aromatic heterocycles. The van der Waals surface area contributed by atoms with Crippen LogP contribution < -0.4 is 5.73 Å². The molecule has 0 fully saturated rings. The minimum atomic E-state index is -1.35. The van der Waals surface area contributed by atoms with Crippen molar-refractivity contribution >= 4 is 28.3 Å². The number of aromatic hydroxyl groups is 1. The molecule has 0 radical (unpaired) electrons. The molecule has 0 spiro atoms. The van der Waals surface area contributed by atoms with Crippen LogP contribution in [0.25, 0.3) is 0 Å². The van der Waals surface area contributed by atoms with Crippen LogP contribution in [-0.4, -0.2) is 16.8 Å². The molecule has 4 N–H and O–H groups in total. The summed E-state index contributed by atoms with van der Waals surface area (Å²) in [6, 6.07) is 0.398. The van der Waals surface area contributed by atoms with Gasteiger partial charge in [0.25, 0.3) is 0 Å². The predicted molar refractivity (Wildman–Crippen MR) is 70.8 cm³/mol. The highest BCUT2D eigenvalue weighted by Gasteiger charge is 2.31. The fourth-order valence-electron chi connectivity index (χ4n) is 1.36. The van der Waals surface area contributed by atoms with Crippen LogP contribution in [0.15, 0.2) is 10.5 Å². The summed E-state index contributed by atoms with van der Waals surface area (Å²) in [6.45, 7) is 3.07. The Balaban J connectivity index is 0.00000289. The van der Waals surface area contributed by atoms with Gasteiger partial charge in [0.15, 0.2) is 11.6 Å². The first-order chi connectivity index (χ1) is 7.72. The zero-order valence-corrected chi connectivity index (χ0v) is 12.3. The number of hydrogen-bond donors (Lipinski definition) is 3. The highest BCUT2D eigenvalue weighted by atomic mass is 79.9. The molecule has 0 unspecified atom stereocenters. The van der Waals surface area contributed by atoms with Crippen molar-refractivity contribution in [2.24, 2.45) is 11.1 Å². The first-order valence-corrected chi connectivity index (χ1v) is 5.74. The van der Waals surface area contributed by atoms with Crippen LogP contribution in [0.1, 0.15) is 25.5 Å². The first-order valence-electron chi connectivity index (χ1n) is 4.95. The van der Waals surface area contributed by atoms with Gasteiger partial charge < -0.3 is 15.9 Å². The molecule has 0 saturated heterocycles. The van der Waals surface area contributed by atoms with Crippen molar-refractivity contribution in [3.63, 3.8) is 0 Å². The summed E-state index contributed by atoms with van der Waals surface area (Å²) in [4.78, 5) is 0. The molecule has 1 aromatic carbocycles. The second kappa shape index (κ2) is 6.14. The molecule has 18 heavy (non-hydrogen) atoms. The van der Waals surface area contributed by atoms with Gasteiger partial charge in [-0.3, -0.25) is 0 Å². The lowest BCUT2D eigenvalue weighted by Gasteiger charge is -2.30. The van der Waals surface area contributed by atoms with Crippen LogP contribution in [0.5, 0.6) is 5.75 Å². The monoisotopic (exact) mass is 345 g/mol. The summed E-state index contributed by atoms with van der Waals surface area (Å²) in [5.74, 6) is -3.33. The predicted octanol–water partition coefficient (Wildman–Crippen LogP) is 2.87. The van der Waals surface area contributed by atoms with Gasteiger partial charge in [0, 0.05) is 23.6 Å². The van der Waals surface area contributed by atoms with Crippen molar-refractivity contribution < 1.29 is 19.0 Å². The largest absolute Gasteiger partial charge is 0.505 e. The van der Waals surface area contributed by atoms with Gasteiger partial charge in [-0.15, -0.1) is 12.4 Å². The van der Waals surface area contributed by atoms with E-state index in [0.29, 0.717) is 0 Å². The molecule has 1 aromatic rings. The van der Waals surface area contributed by atoms with Crippen molar-refractivity contribution in [3.05, 3.63) is 27.7 Å². The highest BCUT2D eigenvalue weighted by molar-refractivity contribution is 9.10. The lowest BCUT2D eigenvalue weighted by atomic mass is 9.81. The van der Waals surface area contributed by atoms with Gasteiger partial charge in [-0.25, -0.2) is 4.39 Å². The molecular weight excluding hydrogens is 331 g/mol. The van der Waals surface area contributed by atoms with E-state index in [2.05, 4.69) is 15.9 Å². The fourth-order valence-corrected chi connectivity index (χ4v) is 1.78. The lowest BCUT2D eigenvalue weighted by Crippen LogP contribution is -2.32. The molecule has 1 rings (SSSR count). The third kappa shape index (κ3) is 3.12. The number of benzene rings is 1. The summed E-state index contributed by atoms with van der Waals surface area (Å²) in [6.07, 6.45) is 0. The highest BCUT2D eigenvalue weighted by Crippen LogP contribution is 2.39. The van der Waals surface area contributed by atoms with E-state index in [1.807, 2.05) is 0 Å². The molecule has 3 nitrogen and oxygen atoms in total. The number of phenols is 1. The van der Waals surface area contributed by atoms with Crippen molar-refractivity contribution in [2.75, 3.05) is 6.61 Å². The van der Waals surface area contributed by atoms with Gasteiger partial charge in [-0.05, 0) is 22.0 Å². The van der Waals surface area contributed by atoms with Crippen LogP contribution in [0.4, 0.5) is 8.78 Å². The van der Waals surface area contributed by atoms with Crippen molar-refractivity contribution in [3.8, 4) is 5.75 Å². The summed E-state index contributed by atoms with van der Waals surface area (Å²) in [5.41, 5.74) is 5.13. The zero-order chi connectivity index (χ0) is 13.4. The number of rotatable bonds is 3. The van der Waals surface area contributed by atoms with E-state index in [4.69, 9.17) is 10.8 Å². The zero-order valence-electron chi connectivity index (χ0n) is 9.88. The summed E-state index contributed by atoms with van der Waals surface area (Å²) < 4.78 is 26.4. The number of nitrogens with two attached hydrogens (primary N) is 1. The van der Waals surface area contributed by atoms with E-state index in [1.165, 1.54) is 6.07 Å². The smallest absolute Gasteiger partial charge is 0.201 e. The molecule has 0 amide bonds. The summed E-state index contributed by atoms with van der Waals surface area (Å²) in [7, 11) is 0. The maximum Gasteiger partial charge on any atom is 0.201 e. The van der Waals surface area contributed by atoms with Crippen LogP contribution >= 0.6 is 28.3 Å². The maximum absolute atomic E-state index is 13.3. The first kappa shape index (κ1) is 17.6. The van der Waals surface area contributed by atoms with Gasteiger partial charge in [0.1, 0.15) is 0 Å². The standard InChI is InChI=1S/C11H14BrF2NO2.ClH/c1-11(2,4-16)10(15)5-3-6(12)7(13)8(14)9(5)17;/h3,10,16-17H,4,15H2,1-2H3;1H/t10-;/m0./s1. The average Bonchev–Trinajstić information content (AvgIpc) is 2.30. The number of hydrogen-bond acceptors (Lipinski definition) is 3. The van der Waals surface area contributed by atoms with Crippen LogP contribution in [0.3, 0.4) is 0 Å². The van der Waals surface area contributed by atoms with Crippen molar-refractivity contribution in [2.45, 2.75) is 19.9 Å². The normalized spacial score (nSPS) is 13.1. The Kier molecular flexibility index (Phi) is 6.00. The fraction of sp³-hybridized carbons (Fsp3) is 0.455. The number of aliphatic hydroxyl groups excluding tert-OH is 1. The molecule has 0 bridgehead atoms. The van der Waals surface area contributed by atoms with Gasteiger partial charge in [0.2, 0.25) is 5.82 Å². The Morgan fingerprint density at radius 2 is 1.89 bits per heavy atom. The summed E-state index contributed by atoms with van der Waals surface area (Å²) >= 11 is 2.84. The molecule has 1 atom stereocenters. The minimum Gasteiger partial charge on any atom is -0.505 e. The quantitative estimate of drug-likeness (QED) is 0.737. The molecule has 7 heteroatoms. The van der Waals surface area contributed by atoms with E-state index >= 15 is 0 Å². The van der Waals surface area contributed by atoms with E-state index < -0.39 is 28.8 Å². The Labute approximate surface area is 119 Å². The van der Waals surface area contributed by atoms with Crippen LogP contribution in [-0.2, 0) is 0 Å². The van der Waals surface area contributed by atoms with E-state index in [1.54, 1.807) is 13.8 Å². The van der Waals surface area contributed by atoms with Crippen molar-refractivity contribution in [1.82, 2.24) is 0 Å². The van der Waals surface area contributed by atoms with E-state index in [9.17, 15) is 13.9 Å². The third-order valence-corrected chi connectivity index (χ3v) is 3.33. The van der Waals surface area contributed by atoms with Gasteiger partial charge >= 0.3 is 0 Å². The number of halogens is 4. The second-order valence-corrected chi connectivity index (χ2v) is 5.40. The summed E-state index contributed by atoms with van der Waals surface area (Å²) in [5, 5.41) is 18.7. The Morgan fingerprint density at radius 3 is 2.33 bits per heavy atom. The average molecular weight is 347 g/mol. The molecule has 0 heterocycles. The minimum absolute atomic E-state index is 0. The Morgan fingerprint density at radius 1 is 1.39 bits per heavy atom. The molecular formula is C11H15BrClF2NO2. The maximum atomic E-state index is 13.3. The van der Waals surface area contributed by atoms with Gasteiger partial charge in [-0.1, -0.05) is 13.8 Å². The van der Waals surface area contributed by atoms with Gasteiger partial charge in [0.05, 0.1) is 4.47 Å². The van der Waals surface area contributed by atoms with Crippen molar-refractivity contribution in [1.29, 1.82) is 0 Å². The third-order valence-electron chi connectivity index (χ3n) is 2.75. The molecule has 0 aliphatic rings. The molecule has 104 valence electrons. The van der Waals surface area contributed by atoms with E-state index in [-0.39, 0.29) is 29.1 Å². The molecule has 0 aliphatic carbocycles. The topological polar surface area (TPSA) is 66.5 Å². The second-order valence-electron chi connectivity index (χ2n) is 4.55. The molecule has 0 aliphatic heterocycles. The lowest BCUT2D eigenvalue weighted by molar-refractivity contribution is 0.130. The van der Waals surface area contributed by atoms with Crippen LogP contribution in [0.2, 0.25) is 0 Å². The Hall–Kier alpha value is -0.430. The van der Waals surface area contributed by atoms with Crippen LogP contribution in [0, 0.1) is 17.0 Å². The van der Waals surface area contributed by atoms with E-state index in [0.717, 1.165) is 0 Å². The van der Waals surface area contributed by atoms with Gasteiger partial charge in [-0.2, -0.15) is 4.39 Å². The molecule has 0 saturated carbocycles. The number of phenolic OH excluding ortho intramolecular Hbond substituents is 1. The number of aliphatic hydroxyl groups is 1. The SMILES string of the molecule is CC(C)(CO)[C@@H](N)c1cc(Br)c(F)c(F)c1O.Cl.